The molecule has 1 saturated heterocycles. The lowest BCUT2D eigenvalue weighted by Crippen LogP contribution is -2.29. The minimum Gasteiger partial charge on any atom is -0.495 e. The number of hydrogen-bond acceptors (Lipinski definition) is 6. The van der Waals surface area contributed by atoms with Gasteiger partial charge in [0.1, 0.15) is 17.6 Å². The van der Waals surface area contributed by atoms with Crippen LogP contribution < -0.4 is 20.3 Å². The summed E-state index contributed by atoms with van der Waals surface area (Å²) in [5, 5.41) is 8.19. The SMILES string of the molecule is COc1ccc(N2C(=S)N[C@H](c3ccccn3)[C@@H]2c2ccc(Sc3ccc(Cl)cc3)o2)cc1NC(C)=O. The van der Waals surface area contributed by atoms with Gasteiger partial charge in [0.2, 0.25) is 5.91 Å². The van der Waals surface area contributed by atoms with Crippen LogP contribution >= 0.6 is 35.6 Å². The molecule has 0 aliphatic carbocycles. The molecule has 4 aromatic rings. The average molecular weight is 551 g/mol. The van der Waals surface area contributed by atoms with E-state index in [1.54, 1.807) is 19.4 Å². The number of amides is 1. The molecule has 0 radical (unpaired) electrons. The zero-order valence-corrected chi connectivity index (χ0v) is 22.4. The Morgan fingerprint density at radius 2 is 1.97 bits per heavy atom. The monoisotopic (exact) mass is 550 g/mol. The molecule has 188 valence electrons. The number of carbonyl (C=O) groups is 1. The third-order valence-corrected chi connectivity index (χ3v) is 7.29. The molecule has 1 fully saturated rings. The Morgan fingerprint density at radius 3 is 2.68 bits per heavy atom. The topological polar surface area (TPSA) is 79.6 Å². The number of nitrogens with zero attached hydrogens (tertiary/aromatic N) is 2. The number of furan rings is 1. The van der Waals surface area contributed by atoms with Crippen LogP contribution in [0.5, 0.6) is 5.75 Å². The number of thiocarbonyl (C=S) groups is 1. The first-order chi connectivity index (χ1) is 17.9. The van der Waals surface area contributed by atoms with Crippen molar-refractivity contribution in [3.63, 3.8) is 0 Å². The van der Waals surface area contributed by atoms with E-state index in [-0.39, 0.29) is 18.0 Å². The second-order valence-corrected chi connectivity index (χ2v) is 10.2. The maximum Gasteiger partial charge on any atom is 0.221 e. The highest BCUT2D eigenvalue weighted by atomic mass is 35.5. The molecule has 0 bridgehead atoms. The first-order valence-corrected chi connectivity index (χ1v) is 13.0. The van der Waals surface area contributed by atoms with E-state index in [1.165, 1.54) is 18.7 Å². The molecule has 37 heavy (non-hydrogen) atoms. The summed E-state index contributed by atoms with van der Waals surface area (Å²) in [6.45, 7) is 1.46. The number of ether oxygens (including phenoxy) is 1. The van der Waals surface area contributed by atoms with Gasteiger partial charge in [-0.2, -0.15) is 0 Å². The largest absolute Gasteiger partial charge is 0.495 e. The van der Waals surface area contributed by atoms with Gasteiger partial charge < -0.3 is 24.7 Å². The predicted molar refractivity (Wildman–Crippen MR) is 150 cm³/mol. The van der Waals surface area contributed by atoms with E-state index in [0.29, 0.717) is 21.6 Å². The molecule has 2 atom stereocenters. The number of anilines is 2. The number of pyridine rings is 1. The minimum atomic E-state index is -0.333. The molecular formula is C27H23ClN4O3S2. The lowest BCUT2D eigenvalue weighted by molar-refractivity contribution is -0.114. The molecule has 2 N–H and O–H groups in total. The highest BCUT2D eigenvalue weighted by Crippen LogP contribution is 2.44. The van der Waals surface area contributed by atoms with E-state index < -0.39 is 0 Å². The van der Waals surface area contributed by atoms with Gasteiger partial charge in [-0.05, 0) is 78.9 Å². The summed E-state index contributed by atoms with van der Waals surface area (Å²) in [4.78, 5) is 19.4. The maximum absolute atomic E-state index is 11.8. The van der Waals surface area contributed by atoms with Gasteiger partial charge in [-0.25, -0.2) is 0 Å². The standard InChI is InChI=1S/C27H23ClN4O3S2/c1-16(33)30-21-15-18(8-11-22(21)34-2)32-26(25(31-27(32)36)20-5-3-4-14-29-20)23-12-13-24(35-23)37-19-9-6-17(28)7-10-19/h3-15,25-26H,1-2H3,(H,30,33)(H,31,36)/t25-,26+/m1/s1. The highest BCUT2D eigenvalue weighted by molar-refractivity contribution is 7.99. The number of aromatic nitrogens is 1. The van der Waals surface area contributed by atoms with Crippen molar-refractivity contribution in [2.75, 3.05) is 17.3 Å². The van der Waals surface area contributed by atoms with Crippen LogP contribution in [0, 0.1) is 0 Å². The molecule has 7 nitrogen and oxygen atoms in total. The van der Waals surface area contributed by atoms with E-state index in [1.807, 2.05) is 71.6 Å². The first kappa shape index (κ1) is 25.1. The van der Waals surface area contributed by atoms with Crippen molar-refractivity contribution in [3.05, 3.63) is 95.5 Å². The lowest BCUT2D eigenvalue weighted by atomic mass is 10.0. The van der Waals surface area contributed by atoms with Gasteiger partial charge in [0.25, 0.3) is 0 Å². The Balaban J connectivity index is 1.54. The van der Waals surface area contributed by atoms with Crippen LogP contribution in [0.4, 0.5) is 11.4 Å². The van der Waals surface area contributed by atoms with Crippen LogP contribution in [0.2, 0.25) is 5.02 Å². The molecule has 0 saturated carbocycles. The van der Waals surface area contributed by atoms with Crippen LogP contribution in [0.1, 0.15) is 30.5 Å². The normalized spacial score (nSPS) is 16.9. The van der Waals surface area contributed by atoms with Gasteiger partial charge in [-0.1, -0.05) is 29.4 Å². The van der Waals surface area contributed by atoms with Gasteiger partial charge in [-0.15, -0.1) is 0 Å². The lowest BCUT2D eigenvalue weighted by Gasteiger charge is -2.27. The Bertz CT molecular complexity index is 1430. The van der Waals surface area contributed by atoms with Gasteiger partial charge in [0.15, 0.2) is 10.2 Å². The summed E-state index contributed by atoms with van der Waals surface area (Å²) in [7, 11) is 1.56. The van der Waals surface area contributed by atoms with Gasteiger partial charge in [0, 0.05) is 28.7 Å². The second-order valence-electron chi connectivity index (χ2n) is 8.28. The van der Waals surface area contributed by atoms with Crippen molar-refractivity contribution in [3.8, 4) is 5.75 Å². The Kier molecular flexibility index (Phi) is 7.36. The molecule has 0 unspecified atom stereocenters. The third-order valence-electron chi connectivity index (χ3n) is 5.80. The van der Waals surface area contributed by atoms with Crippen LogP contribution in [-0.2, 0) is 4.79 Å². The Labute approximate surface area is 229 Å². The highest BCUT2D eigenvalue weighted by Gasteiger charge is 2.42. The molecule has 2 aromatic heterocycles. The molecule has 1 aliphatic heterocycles. The molecule has 2 aromatic carbocycles. The van der Waals surface area contributed by atoms with Gasteiger partial charge in [-0.3, -0.25) is 9.78 Å². The summed E-state index contributed by atoms with van der Waals surface area (Å²) < 4.78 is 11.8. The van der Waals surface area contributed by atoms with Crippen LogP contribution in [0.3, 0.4) is 0 Å². The predicted octanol–water partition coefficient (Wildman–Crippen LogP) is 6.62. The van der Waals surface area contributed by atoms with Crippen molar-refractivity contribution in [1.82, 2.24) is 10.3 Å². The quantitative estimate of drug-likeness (QED) is 0.248. The smallest absolute Gasteiger partial charge is 0.221 e. The molecule has 10 heteroatoms. The van der Waals surface area contributed by atoms with Crippen molar-refractivity contribution in [2.45, 2.75) is 29.0 Å². The summed E-state index contributed by atoms with van der Waals surface area (Å²) in [6, 6.07) is 22.2. The fourth-order valence-electron chi connectivity index (χ4n) is 4.22. The summed E-state index contributed by atoms with van der Waals surface area (Å²) >= 11 is 13.3. The molecular weight excluding hydrogens is 528 g/mol. The zero-order valence-electron chi connectivity index (χ0n) is 20.0. The number of rotatable bonds is 7. The summed E-state index contributed by atoms with van der Waals surface area (Å²) in [5.74, 6) is 1.07. The molecule has 1 amide bonds. The van der Waals surface area contributed by atoms with E-state index in [2.05, 4.69) is 15.6 Å². The van der Waals surface area contributed by atoms with E-state index in [4.69, 9.17) is 33.0 Å². The fourth-order valence-corrected chi connectivity index (χ4v) is 5.47. The van der Waals surface area contributed by atoms with Crippen molar-refractivity contribution in [2.24, 2.45) is 0 Å². The molecule has 0 spiro atoms. The zero-order chi connectivity index (χ0) is 25.9. The number of benzene rings is 2. The van der Waals surface area contributed by atoms with Gasteiger partial charge in [0.05, 0.1) is 24.5 Å². The fraction of sp³-hybridized carbons (Fsp3) is 0.148. The maximum atomic E-state index is 11.8. The van der Waals surface area contributed by atoms with Crippen LogP contribution in [0.25, 0.3) is 0 Å². The third kappa shape index (κ3) is 5.44. The number of halogens is 1. The van der Waals surface area contributed by atoms with Crippen LogP contribution in [-0.4, -0.2) is 23.1 Å². The number of carbonyl (C=O) groups excluding carboxylic acids is 1. The van der Waals surface area contributed by atoms with E-state index in [0.717, 1.165) is 27.1 Å². The minimum absolute atomic E-state index is 0.199. The average Bonchev–Trinajstić information content (AvgIpc) is 3.49. The first-order valence-electron chi connectivity index (χ1n) is 11.4. The number of methoxy groups -OCH3 is 1. The Hall–Kier alpha value is -3.53. The van der Waals surface area contributed by atoms with E-state index >= 15 is 0 Å². The summed E-state index contributed by atoms with van der Waals surface area (Å²) in [5.41, 5.74) is 2.15. The summed E-state index contributed by atoms with van der Waals surface area (Å²) in [6.07, 6.45) is 1.76. The van der Waals surface area contributed by atoms with E-state index in [9.17, 15) is 4.79 Å². The van der Waals surface area contributed by atoms with Crippen molar-refractivity contribution >= 4 is 58.0 Å². The second kappa shape index (κ2) is 10.8. The number of hydrogen-bond donors (Lipinski definition) is 2. The molecule has 3 heterocycles. The van der Waals surface area contributed by atoms with Crippen molar-refractivity contribution < 1.29 is 13.9 Å². The Morgan fingerprint density at radius 1 is 1.16 bits per heavy atom. The molecule has 5 rings (SSSR count). The van der Waals surface area contributed by atoms with Crippen LogP contribution in [0.15, 0.2) is 93.4 Å². The van der Waals surface area contributed by atoms with Gasteiger partial charge >= 0.3 is 0 Å². The van der Waals surface area contributed by atoms with Crippen molar-refractivity contribution in [1.29, 1.82) is 0 Å². The molecule has 1 aliphatic rings. The number of nitrogens with one attached hydrogen (secondary N) is 2.